The highest BCUT2D eigenvalue weighted by Crippen LogP contribution is 2.26. The number of fused-ring (bicyclic) bond motifs is 1. The number of nitrogens with zero attached hydrogens (tertiary/aromatic N) is 3. The lowest BCUT2D eigenvalue weighted by molar-refractivity contribution is 0.169. The van der Waals surface area contributed by atoms with Crippen molar-refractivity contribution in [2.45, 2.75) is 66.0 Å². The lowest BCUT2D eigenvalue weighted by Gasteiger charge is -2.32. The van der Waals surface area contributed by atoms with Crippen LogP contribution >= 0.6 is 11.6 Å². The Morgan fingerprint density at radius 2 is 1.82 bits per heavy atom. The van der Waals surface area contributed by atoms with Gasteiger partial charge in [-0.2, -0.15) is 0 Å². The van der Waals surface area contributed by atoms with E-state index in [2.05, 4.69) is 48.4 Å². The second-order valence-electron chi connectivity index (χ2n) is 9.97. The van der Waals surface area contributed by atoms with Gasteiger partial charge in [-0.15, -0.1) is 0 Å². The Labute approximate surface area is 203 Å². The van der Waals surface area contributed by atoms with Gasteiger partial charge in [-0.3, -0.25) is 0 Å². The maximum atomic E-state index is 6.06. The molecule has 4 rings (SSSR count). The van der Waals surface area contributed by atoms with Gasteiger partial charge in [0.25, 0.3) is 0 Å². The minimum atomic E-state index is 0.462. The van der Waals surface area contributed by atoms with Gasteiger partial charge in [0.1, 0.15) is 18.2 Å². The number of halogens is 1. The van der Waals surface area contributed by atoms with E-state index in [0.717, 1.165) is 40.5 Å². The molecule has 0 N–H and O–H groups in total. The first-order chi connectivity index (χ1) is 16.0. The molecule has 0 amide bonds. The molecule has 0 radical (unpaired) electrons. The van der Waals surface area contributed by atoms with Crippen LogP contribution in [0.2, 0.25) is 5.02 Å². The van der Waals surface area contributed by atoms with Crippen molar-refractivity contribution in [2.75, 3.05) is 19.6 Å². The van der Waals surface area contributed by atoms with Crippen LogP contribution < -0.4 is 4.74 Å². The van der Waals surface area contributed by atoms with Crippen LogP contribution in [-0.4, -0.2) is 34.1 Å². The summed E-state index contributed by atoms with van der Waals surface area (Å²) in [7, 11) is 0. The largest absolute Gasteiger partial charge is 0.486 e. The molecule has 1 aliphatic rings. The van der Waals surface area contributed by atoms with Crippen LogP contribution in [0.5, 0.6) is 5.75 Å². The third-order valence-electron chi connectivity index (χ3n) is 6.97. The second kappa shape index (κ2) is 11.4. The summed E-state index contributed by atoms with van der Waals surface area (Å²) in [5.41, 5.74) is 3.52. The van der Waals surface area contributed by atoms with Gasteiger partial charge in [0.15, 0.2) is 0 Å². The molecule has 0 aliphatic carbocycles. The first-order valence-electron chi connectivity index (χ1n) is 12.5. The molecular formula is C28H38ClN3O. The minimum absolute atomic E-state index is 0.462. The minimum Gasteiger partial charge on any atom is -0.486 e. The van der Waals surface area contributed by atoms with Crippen molar-refractivity contribution in [3.8, 4) is 5.75 Å². The van der Waals surface area contributed by atoms with E-state index in [0.29, 0.717) is 6.61 Å². The monoisotopic (exact) mass is 467 g/mol. The molecule has 33 heavy (non-hydrogen) atoms. The molecule has 0 unspecified atom stereocenters. The number of likely N-dealkylation sites (tertiary alicyclic amines) is 1. The van der Waals surface area contributed by atoms with Gasteiger partial charge in [-0.05, 0) is 106 Å². The zero-order valence-corrected chi connectivity index (χ0v) is 21.2. The van der Waals surface area contributed by atoms with E-state index in [1.807, 2.05) is 24.3 Å². The maximum absolute atomic E-state index is 6.06. The molecule has 2 aromatic carbocycles. The van der Waals surface area contributed by atoms with Crippen molar-refractivity contribution in [3.63, 3.8) is 0 Å². The lowest BCUT2D eigenvalue weighted by atomic mass is 9.92. The van der Waals surface area contributed by atoms with Crippen LogP contribution in [0.25, 0.3) is 11.0 Å². The Balaban J connectivity index is 1.36. The van der Waals surface area contributed by atoms with E-state index in [1.165, 1.54) is 62.8 Å². The van der Waals surface area contributed by atoms with Crippen molar-refractivity contribution in [3.05, 3.63) is 58.9 Å². The Morgan fingerprint density at radius 1 is 1.06 bits per heavy atom. The Bertz CT molecular complexity index is 1020. The van der Waals surface area contributed by atoms with Crippen LogP contribution in [0.4, 0.5) is 0 Å². The molecule has 1 saturated heterocycles. The molecule has 3 aromatic rings. The number of aromatic nitrogens is 2. The lowest BCUT2D eigenvalue weighted by Crippen LogP contribution is -2.34. The highest BCUT2D eigenvalue weighted by Gasteiger charge is 2.19. The number of hydrogen-bond donors (Lipinski definition) is 0. The maximum Gasteiger partial charge on any atom is 0.148 e. The second-order valence-corrected chi connectivity index (χ2v) is 10.4. The number of piperidine rings is 1. The van der Waals surface area contributed by atoms with Crippen LogP contribution in [0.1, 0.15) is 57.3 Å². The number of hydrogen-bond acceptors (Lipinski definition) is 3. The average Bonchev–Trinajstić information content (AvgIpc) is 3.17. The SMILES string of the molecule is Cc1cccc2c1nc(COc1ccc(Cl)cc1)n2CCCC1CCN(CCC(C)C)CC1. The Kier molecular flexibility index (Phi) is 8.32. The molecule has 0 bridgehead atoms. The molecule has 2 heterocycles. The molecule has 0 atom stereocenters. The highest BCUT2D eigenvalue weighted by atomic mass is 35.5. The number of rotatable bonds is 10. The number of imidazole rings is 1. The quantitative estimate of drug-likeness (QED) is 0.318. The van der Waals surface area contributed by atoms with E-state index in [4.69, 9.17) is 21.3 Å². The molecular weight excluding hydrogens is 430 g/mol. The van der Waals surface area contributed by atoms with Crippen molar-refractivity contribution in [1.29, 1.82) is 0 Å². The molecule has 1 fully saturated rings. The van der Waals surface area contributed by atoms with Gasteiger partial charge in [0.05, 0.1) is 11.0 Å². The van der Waals surface area contributed by atoms with Crippen molar-refractivity contribution < 1.29 is 4.74 Å². The van der Waals surface area contributed by atoms with E-state index >= 15 is 0 Å². The summed E-state index contributed by atoms with van der Waals surface area (Å²) in [6, 6.07) is 14.0. The van der Waals surface area contributed by atoms with E-state index in [-0.39, 0.29) is 0 Å². The fraction of sp³-hybridized carbons (Fsp3) is 0.536. The summed E-state index contributed by atoms with van der Waals surface area (Å²) in [5.74, 6) is 3.47. The summed E-state index contributed by atoms with van der Waals surface area (Å²) in [4.78, 5) is 7.62. The standard InChI is InChI=1S/C28H38ClN3O/c1-21(2)13-17-31-18-14-23(15-19-31)7-5-16-32-26-8-4-6-22(3)28(26)30-27(32)20-33-25-11-9-24(29)10-12-25/h4,6,8-12,21,23H,5,7,13-20H2,1-3H3. The first kappa shape index (κ1) is 24.1. The van der Waals surface area contributed by atoms with Gasteiger partial charge in [0, 0.05) is 11.6 Å². The Hall–Kier alpha value is -2.04. The fourth-order valence-corrected chi connectivity index (χ4v) is 4.98. The van der Waals surface area contributed by atoms with Gasteiger partial charge in [-0.25, -0.2) is 4.98 Å². The number of benzene rings is 2. The van der Waals surface area contributed by atoms with Gasteiger partial charge in [0.2, 0.25) is 0 Å². The van der Waals surface area contributed by atoms with Crippen LogP contribution in [0.3, 0.4) is 0 Å². The fourth-order valence-electron chi connectivity index (χ4n) is 4.85. The highest BCUT2D eigenvalue weighted by molar-refractivity contribution is 6.30. The topological polar surface area (TPSA) is 30.3 Å². The summed E-state index contributed by atoms with van der Waals surface area (Å²) in [6.45, 7) is 12.0. The van der Waals surface area contributed by atoms with Crippen molar-refractivity contribution in [1.82, 2.24) is 14.5 Å². The molecule has 0 saturated carbocycles. The third kappa shape index (κ3) is 6.51. The van der Waals surface area contributed by atoms with Crippen LogP contribution in [-0.2, 0) is 13.2 Å². The zero-order valence-electron chi connectivity index (χ0n) is 20.4. The summed E-state index contributed by atoms with van der Waals surface area (Å²) in [6.07, 6.45) is 6.48. The molecule has 1 aromatic heterocycles. The summed E-state index contributed by atoms with van der Waals surface area (Å²) < 4.78 is 8.43. The normalized spacial score (nSPS) is 15.5. The van der Waals surface area contributed by atoms with E-state index in [9.17, 15) is 0 Å². The molecule has 1 aliphatic heterocycles. The van der Waals surface area contributed by atoms with E-state index in [1.54, 1.807) is 0 Å². The molecule has 5 heteroatoms. The predicted octanol–water partition coefficient (Wildman–Crippen LogP) is 7.12. The first-order valence-corrected chi connectivity index (χ1v) is 12.9. The average molecular weight is 468 g/mol. The smallest absolute Gasteiger partial charge is 0.148 e. The predicted molar refractivity (Wildman–Crippen MR) is 138 cm³/mol. The number of para-hydroxylation sites is 1. The molecule has 4 nitrogen and oxygen atoms in total. The summed E-state index contributed by atoms with van der Waals surface area (Å²) in [5, 5.41) is 0.718. The van der Waals surface area contributed by atoms with Gasteiger partial charge < -0.3 is 14.2 Å². The van der Waals surface area contributed by atoms with E-state index < -0.39 is 0 Å². The van der Waals surface area contributed by atoms with Crippen molar-refractivity contribution in [2.24, 2.45) is 11.8 Å². The molecule has 0 spiro atoms. The van der Waals surface area contributed by atoms with Gasteiger partial charge in [-0.1, -0.05) is 37.6 Å². The van der Waals surface area contributed by atoms with Gasteiger partial charge >= 0.3 is 0 Å². The third-order valence-corrected chi connectivity index (χ3v) is 7.22. The van der Waals surface area contributed by atoms with Crippen LogP contribution in [0.15, 0.2) is 42.5 Å². The summed E-state index contributed by atoms with van der Waals surface area (Å²) >= 11 is 6.01. The van der Waals surface area contributed by atoms with Crippen molar-refractivity contribution >= 4 is 22.6 Å². The molecule has 178 valence electrons. The number of ether oxygens (including phenoxy) is 1. The number of aryl methyl sites for hydroxylation is 2. The Morgan fingerprint density at radius 3 is 2.55 bits per heavy atom. The zero-order chi connectivity index (χ0) is 23.2. The van der Waals surface area contributed by atoms with Crippen LogP contribution in [0, 0.1) is 18.8 Å².